The second kappa shape index (κ2) is 6.11. The van der Waals surface area contributed by atoms with Gasteiger partial charge in [0.15, 0.2) is 0 Å². The molecule has 0 aliphatic heterocycles. The standard InChI is InChI=1S/C15H13ClFNO3/c1-8-10(3-2-4-12(8)17)14(19)11-7-9(16)5-6-13(11)18-15(20)21/h2-7,14,18-19H,1H3,(H,20,21). The van der Waals surface area contributed by atoms with E-state index in [4.69, 9.17) is 16.7 Å². The van der Waals surface area contributed by atoms with E-state index in [1.54, 1.807) is 13.0 Å². The summed E-state index contributed by atoms with van der Waals surface area (Å²) in [5, 5.41) is 21.8. The first-order chi connectivity index (χ1) is 9.90. The molecule has 0 saturated carbocycles. The monoisotopic (exact) mass is 309 g/mol. The zero-order chi connectivity index (χ0) is 15.6. The summed E-state index contributed by atoms with van der Waals surface area (Å²) in [5.74, 6) is -0.443. The Labute approximate surface area is 125 Å². The highest BCUT2D eigenvalue weighted by Gasteiger charge is 2.19. The number of hydrogen-bond acceptors (Lipinski definition) is 2. The minimum Gasteiger partial charge on any atom is -0.465 e. The second-order valence-corrected chi connectivity index (χ2v) is 4.95. The van der Waals surface area contributed by atoms with Crippen molar-refractivity contribution in [3.63, 3.8) is 0 Å². The van der Waals surface area contributed by atoms with E-state index < -0.39 is 18.0 Å². The number of hydrogen-bond donors (Lipinski definition) is 3. The number of aliphatic hydroxyl groups is 1. The molecule has 2 aromatic rings. The fourth-order valence-electron chi connectivity index (χ4n) is 2.08. The molecule has 1 unspecified atom stereocenters. The molecule has 21 heavy (non-hydrogen) atoms. The third kappa shape index (κ3) is 3.32. The highest BCUT2D eigenvalue weighted by Crippen LogP contribution is 2.32. The van der Waals surface area contributed by atoms with E-state index in [0.717, 1.165) is 0 Å². The van der Waals surface area contributed by atoms with Crippen molar-refractivity contribution in [3.05, 3.63) is 63.9 Å². The molecule has 2 aromatic carbocycles. The van der Waals surface area contributed by atoms with Crippen LogP contribution < -0.4 is 5.32 Å². The van der Waals surface area contributed by atoms with Gasteiger partial charge in [0.2, 0.25) is 0 Å². The third-order valence-electron chi connectivity index (χ3n) is 3.15. The molecule has 0 aliphatic carbocycles. The van der Waals surface area contributed by atoms with Gasteiger partial charge in [0, 0.05) is 10.6 Å². The second-order valence-electron chi connectivity index (χ2n) is 4.52. The first-order valence-corrected chi connectivity index (χ1v) is 6.50. The lowest BCUT2D eigenvalue weighted by Gasteiger charge is -2.18. The van der Waals surface area contributed by atoms with Crippen LogP contribution >= 0.6 is 11.6 Å². The van der Waals surface area contributed by atoms with Crippen LogP contribution in [0.15, 0.2) is 36.4 Å². The summed E-state index contributed by atoms with van der Waals surface area (Å²) < 4.78 is 13.6. The molecule has 0 bridgehead atoms. The summed E-state index contributed by atoms with van der Waals surface area (Å²) in [6.07, 6.45) is -2.46. The number of halogens is 2. The van der Waals surface area contributed by atoms with Crippen LogP contribution in [0.5, 0.6) is 0 Å². The lowest BCUT2D eigenvalue weighted by Crippen LogP contribution is -2.12. The predicted octanol–water partition coefficient (Wildman–Crippen LogP) is 3.96. The molecule has 0 spiro atoms. The van der Waals surface area contributed by atoms with Crippen LogP contribution in [-0.2, 0) is 0 Å². The molecule has 2 rings (SSSR count). The fraction of sp³-hybridized carbons (Fsp3) is 0.133. The number of rotatable bonds is 3. The summed E-state index contributed by atoms with van der Waals surface area (Å²) in [5.41, 5.74) is 1.11. The molecule has 0 saturated heterocycles. The number of benzene rings is 2. The maximum Gasteiger partial charge on any atom is 0.409 e. The van der Waals surface area contributed by atoms with Crippen molar-refractivity contribution in [1.82, 2.24) is 0 Å². The van der Waals surface area contributed by atoms with Crippen molar-refractivity contribution in [3.8, 4) is 0 Å². The molecule has 0 aromatic heterocycles. The van der Waals surface area contributed by atoms with Crippen molar-refractivity contribution in [2.24, 2.45) is 0 Å². The number of aliphatic hydroxyl groups excluding tert-OH is 1. The average Bonchev–Trinajstić information content (AvgIpc) is 2.42. The van der Waals surface area contributed by atoms with Crippen LogP contribution in [0.25, 0.3) is 0 Å². The molecule has 0 heterocycles. The smallest absolute Gasteiger partial charge is 0.409 e. The zero-order valence-corrected chi connectivity index (χ0v) is 11.9. The van der Waals surface area contributed by atoms with Gasteiger partial charge in [0.05, 0.1) is 5.69 Å². The van der Waals surface area contributed by atoms with Crippen LogP contribution in [0.1, 0.15) is 22.8 Å². The molecule has 1 amide bonds. The number of carboxylic acid groups (broad SMARTS) is 1. The molecule has 3 N–H and O–H groups in total. The molecular formula is C15H13ClFNO3. The van der Waals surface area contributed by atoms with Crippen molar-refractivity contribution < 1.29 is 19.4 Å². The van der Waals surface area contributed by atoms with Crippen molar-refractivity contribution in [2.45, 2.75) is 13.0 Å². The number of nitrogens with one attached hydrogen (secondary N) is 1. The Balaban J connectivity index is 2.51. The SMILES string of the molecule is Cc1c(F)cccc1C(O)c1cc(Cl)ccc1NC(=O)O. The molecule has 6 heteroatoms. The van der Waals surface area contributed by atoms with Gasteiger partial charge in [-0.05, 0) is 42.3 Å². The van der Waals surface area contributed by atoms with E-state index in [2.05, 4.69) is 5.32 Å². The van der Waals surface area contributed by atoms with Crippen molar-refractivity contribution in [1.29, 1.82) is 0 Å². The van der Waals surface area contributed by atoms with Gasteiger partial charge in [-0.3, -0.25) is 5.32 Å². The Kier molecular flexibility index (Phi) is 4.45. The van der Waals surface area contributed by atoms with E-state index in [1.807, 2.05) is 0 Å². The van der Waals surface area contributed by atoms with Crippen molar-refractivity contribution >= 4 is 23.4 Å². The van der Waals surface area contributed by atoms with Crippen LogP contribution in [0.4, 0.5) is 14.9 Å². The highest BCUT2D eigenvalue weighted by molar-refractivity contribution is 6.30. The maximum atomic E-state index is 13.6. The molecule has 0 aliphatic rings. The van der Waals surface area contributed by atoms with E-state index in [9.17, 15) is 14.3 Å². The summed E-state index contributed by atoms with van der Waals surface area (Å²) in [6, 6.07) is 8.75. The van der Waals surface area contributed by atoms with Crippen LogP contribution in [0.2, 0.25) is 5.02 Å². The Bertz CT molecular complexity index is 691. The van der Waals surface area contributed by atoms with Crippen molar-refractivity contribution in [2.75, 3.05) is 5.32 Å². The zero-order valence-electron chi connectivity index (χ0n) is 11.1. The Morgan fingerprint density at radius 1 is 1.29 bits per heavy atom. The van der Waals surface area contributed by atoms with Gasteiger partial charge in [-0.15, -0.1) is 0 Å². The summed E-state index contributed by atoms with van der Waals surface area (Å²) in [7, 11) is 0. The topological polar surface area (TPSA) is 69.6 Å². The van der Waals surface area contributed by atoms with Gasteiger partial charge in [0.1, 0.15) is 11.9 Å². The lowest BCUT2D eigenvalue weighted by molar-refractivity contribution is 0.209. The molecule has 1 atom stereocenters. The quantitative estimate of drug-likeness (QED) is 0.803. The van der Waals surface area contributed by atoms with Gasteiger partial charge in [-0.2, -0.15) is 0 Å². The van der Waals surface area contributed by atoms with Crippen LogP contribution in [0, 0.1) is 12.7 Å². The van der Waals surface area contributed by atoms with Gasteiger partial charge < -0.3 is 10.2 Å². The summed E-state index contributed by atoms with van der Waals surface area (Å²) >= 11 is 5.90. The minimum absolute atomic E-state index is 0.197. The largest absolute Gasteiger partial charge is 0.465 e. The summed E-state index contributed by atoms with van der Waals surface area (Å²) in [6.45, 7) is 1.54. The number of anilines is 1. The Morgan fingerprint density at radius 2 is 2.00 bits per heavy atom. The Morgan fingerprint density at radius 3 is 2.67 bits per heavy atom. The minimum atomic E-state index is -1.26. The average molecular weight is 310 g/mol. The van der Waals surface area contributed by atoms with Gasteiger partial charge in [0.25, 0.3) is 0 Å². The normalized spacial score (nSPS) is 12.0. The third-order valence-corrected chi connectivity index (χ3v) is 3.39. The highest BCUT2D eigenvalue weighted by atomic mass is 35.5. The van der Waals surface area contributed by atoms with Gasteiger partial charge in [-0.1, -0.05) is 23.7 Å². The van der Waals surface area contributed by atoms with Crippen LogP contribution in [0.3, 0.4) is 0 Å². The lowest BCUT2D eigenvalue weighted by atomic mass is 9.96. The van der Waals surface area contributed by atoms with E-state index in [1.165, 1.54) is 30.3 Å². The first kappa shape index (κ1) is 15.3. The van der Waals surface area contributed by atoms with E-state index in [-0.39, 0.29) is 11.3 Å². The van der Waals surface area contributed by atoms with Gasteiger partial charge >= 0.3 is 6.09 Å². The molecule has 0 radical (unpaired) electrons. The molecule has 0 fully saturated rings. The Hall–Kier alpha value is -2.11. The molecule has 110 valence electrons. The fourth-order valence-corrected chi connectivity index (χ4v) is 2.26. The number of carbonyl (C=O) groups is 1. The van der Waals surface area contributed by atoms with E-state index in [0.29, 0.717) is 16.1 Å². The summed E-state index contributed by atoms with van der Waals surface area (Å²) in [4.78, 5) is 10.8. The first-order valence-electron chi connectivity index (χ1n) is 6.12. The molecule has 4 nitrogen and oxygen atoms in total. The maximum absolute atomic E-state index is 13.6. The number of amides is 1. The van der Waals surface area contributed by atoms with Gasteiger partial charge in [-0.25, -0.2) is 9.18 Å². The van der Waals surface area contributed by atoms with Crippen LogP contribution in [-0.4, -0.2) is 16.3 Å². The predicted molar refractivity (Wildman–Crippen MR) is 78.3 cm³/mol. The van der Waals surface area contributed by atoms with E-state index >= 15 is 0 Å². The molecular weight excluding hydrogens is 297 g/mol.